The Bertz CT molecular complexity index is 434. The predicted octanol–water partition coefficient (Wildman–Crippen LogP) is 0.598. The van der Waals surface area contributed by atoms with Gasteiger partial charge in [0.2, 0.25) is 18.1 Å². The van der Waals surface area contributed by atoms with E-state index >= 15 is 0 Å². The highest BCUT2D eigenvalue weighted by Gasteiger charge is 2.70. The van der Waals surface area contributed by atoms with Crippen LogP contribution in [0.25, 0.3) is 0 Å². The van der Waals surface area contributed by atoms with Crippen LogP contribution in [0.1, 0.15) is 19.3 Å². The molecule has 0 spiro atoms. The lowest BCUT2D eigenvalue weighted by Crippen LogP contribution is -2.66. The van der Waals surface area contributed by atoms with Crippen molar-refractivity contribution in [1.82, 2.24) is 0 Å². The average Bonchev–Trinajstić information content (AvgIpc) is 2.25. The van der Waals surface area contributed by atoms with Gasteiger partial charge in [-0.15, -0.1) is 0 Å². The van der Waals surface area contributed by atoms with E-state index in [9.17, 15) is 30.3 Å². The molecule has 104 valence electrons. The summed E-state index contributed by atoms with van der Waals surface area (Å²) in [6.07, 6.45) is 0.959. The van der Waals surface area contributed by atoms with Crippen LogP contribution in [0, 0.1) is 54.0 Å². The minimum Gasteiger partial charge on any atom is -0.264 e. The number of nitro groups is 3. The Morgan fingerprint density at radius 2 is 1.00 bits per heavy atom. The van der Waals surface area contributed by atoms with Gasteiger partial charge in [-0.1, -0.05) is 0 Å². The van der Waals surface area contributed by atoms with E-state index in [4.69, 9.17) is 0 Å². The first-order chi connectivity index (χ1) is 8.91. The molecule has 0 radical (unpaired) electrons. The van der Waals surface area contributed by atoms with Crippen LogP contribution in [0.3, 0.4) is 0 Å². The van der Waals surface area contributed by atoms with Gasteiger partial charge >= 0.3 is 0 Å². The van der Waals surface area contributed by atoms with Gasteiger partial charge in [0.05, 0.1) is 11.8 Å². The normalized spacial score (nSPS) is 47.1. The molecule has 0 aromatic carbocycles. The molecule has 0 aliphatic heterocycles. The van der Waals surface area contributed by atoms with E-state index in [1.54, 1.807) is 0 Å². The van der Waals surface area contributed by atoms with Crippen LogP contribution < -0.4 is 0 Å². The Kier molecular flexibility index (Phi) is 2.48. The summed E-state index contributed by atoms with van der Waals surface area (Å²) in [7, 11) is 0. The van der Waals surface area contributed by atoms with E-state index in [2.05, 4.69) is 0 Å². The lowest BCUT2D eigenvalue weighted by atomic mass is 9.50. The molecule has 0 amide bonds. The first-order valence-corrected chi connectivity index (χ1v) is 6.32. The summed E-state index contributed by atoms with van der Waals surface area (Å²) >= 11 is 0. The van der Waals surface area contributed by atoms with Gasteiger partial charge in [0, 0.05) is 26.6 Å². The van der Waals surface area contributed by atoms with Crippen LogP contribution in [0.5, 0.6) is 0 Å². The standard InChI is InChI=1S/C10H13N3O6/c14-11(15)8-4-1-5-3-7(8)10(13(18)19)6(2-4)9(5)12(16)17/h4-10H,1-3H2/t4-,5-,6-,7-,8?,9?,10?/m0/s1. The topological polar surface area (TPSA) is 129 Å². The summed E-state index contributed by atoms with van der Waals surface area (Å²) in [6.45, 7) is 0. The fourth-order valence-electron chi connectivity index (χ4n) is 4.79. The molecule has 4 rings (SSSR count). The third-order valence-electron chi connectivity index (χ3n) is 5.21. The molecule has 9 nitrogen and oxygen atoms in total. The highest BCUT2D eigenvalue weighted by molar-refractivity contribution is 5.07. The molecule has 0 aromatic rings. The SMILES string of the molecule is O=[N+]([O-])C1[C@H]2C[C@H]3C[C@@H]1C([N+](=O)[O-])[C@@H](C2)C3[N+](=O)[O-]. The van der Waals surface area contributed by atoms with E-state index in [1.807, 2.05) is 0 Å². The maximum Gasteiger partial charge on any atom is 0.231 e. The van der Waals surface area contributed by atoms with Gasteiger partial charge in [-0.05, 0) is 19.3 Å². The van der Waals surface area contributed by atoms with E-state index in [0.29, 0.717) is 6.42 Å². The van der Waals surface area contributed by atoms with Crippen LogP contribution in [0.2, 0.25) is 0 Å². The fraction of sp³-hybridized carbons (Fsp3) is 1.00. The zero-order valence-electron chi connectivity index (χ0n) is 9.95. The van der Waals surface area contributed by atoms with Gasteiger partial charge in [-0.3, -0.25) is 30.3 Å². The smallest absolute Gasteiger partial charge is 0.231 e. The molecule has 0 N–H and O–H groups in total. The lowest BCUT2D eigenvalue weighted by Gasteiger charge is -2.51. The molecular formula is C10H13N3O6. The maximum atomic E-state index is 11.2. The molecular weight excluding hydrogens is 258 g/mol. The Morgan fingerprint density at radius 1 is 0.632 bits per heavy atom. The zero-order valence-corrected chi connectivity index (χ0v) is 9.95. The van der Waals surface area contributed by atoms with Crippen LogP contribution in [0.15, 0.2) is 0 Å². The first-order valence-electron chi connectivity index (χ1n) is 6.32. The Labute approximate surface area is 107 Å². The molecule has 0 saturated heterocycles. The van der Waals surface area contributed by atoms with Crippen molar-refractivity contribution in [2.45, 2.75) is 37.4 Å². The zero-order chi connectivity index (χ0) is 13.9. The van der Waals surface area contributed by atoms with Crippen LogP contribution in [0.4, 0.5) is 0 Å². The molecule has 4 saturated carbocycles. The molecule has 4 aliphatic carbocycles. The third kappa shape index (κ3) is 1.53. The highest BCUT2D eigenvalue weighted by atomic mass is 16.6. The summed E-state index contributed by atoms with van der Waals surface area (Å²) in [5.41, 5.74) is 0. The Balaban J connectivity index is 2.00. The van der Waals surface area contributed by atoms with Crippen molar-refractivity contribution < 1.29 is 14.8 Å². The van der Waals surface area contributed by atoms with Crippen molar-refractivity contribution in [1.29, 1.82) is 0 Å². The summed E-state index contributed by atoms with van der Waals surface area (Å²) in [6, 6.07) is -2.91. The minimum absolute atomic E-state index is 0.226. The van der Waals surface area contributed by atoms with Gasteiger partial charge in [0.15, 0.2) is 0 Å². The molecule has 6 atom stereocenters. The predicted molar refractivity (Wildman–Crippen MR) is 60.2 cm³/mol. The third-order valence-corrected chi connectivity index (χ3v) is 5.21. The highest BCUT2D eigenvalue weighted by Crippen LogP contribution is 2.56. The molecule has 4 bridgehead atoms. The second-order valence-electron chi connectivity index (χ2n) is 5.88. The summed E-state index contributed by atoms with van der Waals surface area (Å²) in [5, 5.41) is 33.4. The maximum absolute atomic E-state index is 11.2. The van der Waals surface area contributed by atoms with Crippen LogP contribution in [-0.2, 0) is 0 Å². The Morgan fingerprint density at radius 3 is 1.32 bits per heavy atom. The summed E-state index contributed by atoms with van der Waals surface area (Å²) in [4.78, 5) is 32.1. The average molecular weight is 271 g/mol. The number of rotatable bonds is 3. The van der Waals surface area contributed by atoms with Gasteiger partial charge in [-0.25, -0.2) is 0 Å². The molecule has 4 aliphatic rings. The monoisotopic (exact) mass is 271 g/mol. The minimum atomic E-state index is -1.13. The largest absolute Gasteiger partial charge is 0.264 e. The van der Waals surface area contributed by atoms with E-state index in [0.717, 1.165) is 0 Å². The van der Waals surface area contributed by atoms with Gasteiger partial charge in [0.1, 0.15) is 0 Å². The van der Waals surface area contributed by atoms with E-state index in [1.165, 1.54) is 0 Å². The molecule has 9 heteroatoms. The summed E-state index contributed by atoms with van der Waals surface area (Å²) < 4.78 is 0. The van der Waals surface area contributed by atoms with Gasteiger partial charge in [-0.2, -0.15) is 0 Å². The van der Waals surface area contributed by atoms with Crippen LogP contribution >= 0.6 is 0 Å². The second-order valence-corrected chi connectivity index (χ2v) is 5.88. The van der Waals surface area contributed by atoms with Crippen LogP contribution in [-0.4, -0.2) is 32.9 Å². The molecule has 2 unspecified atom stereocenters. The second kappa shape index (κ2) is 3.84. The van der Waals surface area contributed by atoms with E-state index in [-0.39, 0.29) is 24.7 Å². The molecule has 0 heterocycles. The molecule has 0 aromatic heterocycles. The summed E-state index contributed by atoms with van der Waals surface area (Å²) in [5.74, 6) is -1.72. The van der Waals surface area contributed by atoms with Gasteiger partial charge in [0.25, 0.3) is 0 Å². The number of hydrogen-bond acceptors (Lipinski definition) is 6. The number of hydrogen-bond donors (Lipinski definition) is 0. The van der Waals surface area contributed by atoms with Crippen molar-refractivity contribution in [2.24, 2.45) is 23.7 Å². The van der Waals surface area contributed by atoms with Gasteiger partial charge < -0.3 is 0 Å². The lowest BCUT2D eigenvalue weighted by molar-refractivity contribution is -0.637. The molecule has 4 fully saturated rings. The van der Waals surface area contributed by atoms with Crippen molar-refractivity contribution in [2.75, 3.05) is 0 Å². The molecule has 19 heavy (non-hydrogen) atoms. The quantitative estimate of drug-likeness (QED) is 0.545. The van der Waals surface area contributed by atoms with Crippen molar-refractivity contribution in [3.05, 3.63) is 30.3 Å². The fourth-order valence-corrected chi connectivity index (χ4v) is 4.79. The number of nitrogens with zero attached hydrogens (tertiary/aromatic N) is 3. The van der Waals surface area contributed by atoms with Crippen molar-refractivity contribution in [3.8, 4) is 0 Å². The van der Waals surface area contributed by atoms with Crippen molar-refractivity contribution >= 4 is 0 Å². The van der Waals surface area contributed by atoms with E-state index < -0.39 is 44.7 Å². The first kappa shape index (κ1) is 12.2. The van der Waals surface area contributed by atoms with Crippen molar-refractivity contribution in [3.63, 3.8) is 0 Å². The Hall–Kier alpha value is -1.80.